The van der Waals surface area contributed by atoms with Crippen molar-refractivity contribution in [3.05, 3.63) is 69.8 Å². The van der Waals surface area contributed by atoms with E-state index in [1.54, 1.807) is 30.3 Å². The van der Waals surface area contributed by atoms with Crippen molar-refractivity contribution in [2.24, 2.45) is 0 Å². The molecule has 0 aliphatic rings. The van der Waals surface area contributed by atoms with Crippen molar-refractivity contribution in [1.82, 2.24) is 0 Å². The number of carboxylic acid groups (broad SMARTS) is 1. The standard InChI is InChI=1S/C15H12N2O5/c18-13(9-10-5-2-1-3-6-10)16-14-11(15(19)20)7-4-8-12(14)17(21)22/h1-8H,9H2,(H,16,18)(H,19,20). The van der Waals surface area contributed by atoms with Gasteiger partial charge in [-0.05, 0) is 11.6 Å². The quantitative estimate of drug-likeness (QED) is 0.651. The van der Waals surface area contributed by atoms with Crippen molar-refractivity contribution >= 4 is 23.3 Å². The maximum Gasteiger partial charge on any atom is 0.338 e. The van der Waals surface area contributed by atoms with Crippen molar-refractivity contribution in [3.63, 3.8) is 0 Å². The van der Waals surface area contributed by atoms with E-state index in [0.29, 0.717) is 0 Å². The van der Waals surface area contributed by atoms with Gasteiger partial charge in [0, 0.05) is 6.07 Å². The summed E-state index contributed by atoms with van der Waals surface area (Å²) in [6.45, 7) is 0. The minimum atomic E-state index is -1.35. The minimum absolute atomic E-state index is 0.00799. The maximum absolute atomic E-state index is 12.0. The Balaban J connectivity index is 2.29. The summed E-state index contributed by atoms with van der Waals surface area (Å²) in [5, 5.41) is 22.4. The number of para-hydroxylation sites is 1. The second-order valence-electron chi connectivity index (χ2n) is 4.47. The summed E-state index contributed by atoms with van der Waals surface area (Å²) < 4.78 is 0. The number of nitrogens with zero attached hydrogens (tertiary/aromatic N) is 1. The van der Waals surface area contributed by atoms with E-state index >= 15 is 0 Å². The summed E-state index contributed by atoms with van der Waals surface area (Å²) in [4.78, 5) is 33.4. The van der Waals surface area contributed by atoms with Crippen molar-refractivity contribution in [1.29, 1.82) is 0 Å². The van der Waals surface area contributed by atoms with Crippen molar-refractivity contribution < 1.29 is 19.6 Å². The number of hydrogen-bond acceptors (Lipinski definition) is 4. The molecule has 2 aromatic rings. The Morgan fingerprint density at radius 3 is 2.36 bits per heavy atom. The summed E-state index contributed by atoms with van der Waals surface area (Å²) in [5.41, 5.74) is -0.367. The molecule has 0 heterocycles. The Morgan fingerprint density at radius 2 is 1.77 bits per heavy atom. The molecule has 22 heavy (non-hydrogen) atoms. The van der Waals surface area contributed by atoms with Crippen molar-refractivity contribution in [2.45, 2.75) is 6.42 Å². The van der Waals surface area contributed by atoms with E-state index in [9.17, 15) is 19.7 Å². The molecular formula is C15H12N2O5. The van der Waals surface area contributed by atoms with E-state index in [-0.39, 0.29) is 17.7 Å². The number of nitro groups is 1. The lowest BCUT2D eigenvalue weighted by molar-refractivity contribution is -0.384. The topological polar surface area (TPSA) is 110 Å². The highest BCUT2D eigenvalue weighted by atomic mass is 16.6. The van der Waals surface area contributed by atoms with Crippen LogP contribution in [0.15, 0.2) is 48.5 Å². The molecule has 1 amide bonds. The van der Waals surface area contributed by atoms with Crippen LogP contribution < -0.4 is 5.32 Å². The Hall–Kier alpha value is -3.22. The van der Waals surface area contributed by atoms with Gasteiger partial charge in [0.05, 0.1) is 16.9 Å². The molecular weight excluding hydrogens is 288 g/mol. The molecule has 7 heteroatoms. The fourth-order valence-electron chi connectivity index (χ4n) is 1.97. The highest BCUT2D eigenvalue weighted by Crippen LogP contribution is 2.28. The van der Waals surface area contributed by atoms with Gasteiger partial charge in [0.25, 0.3) is 5.69 Å². The smallest absolute Gasteiger partial charge is 0.338 e. The minimum Gasteiger partial charge on any atom is -0.478 e. The molecule has 2 aromatic carbocycles. The maximum atomic E-state index is 12.0. The molecule has 2 rings (SSSR count). The first-order valence-corrected chi connectivity index (χ1v) is 6.33. The molecule has 0 bridgehead atoms. The molecule has 0 aliphatic heterocycles. The van der Waals surface area contributed by atoms with Gasteiger partial charge in [-0.2, -0.15) is 0 Å². The number of hydrogen-bond donors (Lipinski definition) is 2. The molecule has 0 unspecified atom stereocenters. The fourth-order valence-corrected chi connectivity index (χ4v) is 1.97. The van der Waals surface area contributed by atoms with Crippen molar-refractivity contribution in [3.8, 4) is 0 Å². The summed E-state index contributed by atoms with van der Waals surface area (Å²) >= 11 is 0. The zero-order valence-corrected chi connectivity index (χ0v) is 11.4. The first-order chi connectivity index (χ1) is 10.5. The monoisotopic (exact) mass is 300 g/mol. The van der Waals surface area contributed by atoms with Gasteiger partial charge in [0.1, 0.15) is 5.69 Å². The molecule has 0 aromatic heterocycles. The van der Waals surface area contributed by atoms with Gasteiger partial charge < -0.3 is 10.4 Å². The number of nitro benzene ring substituents is 1. The van der Waals surface area contributed by atoms with Crippen LogP contribution in [0, 0.1) is 10.1 Å². The largest absolute Gasteiger partial charge is 0.478 e. The second-order valence-corrected chi connectivity index (χ2v) is 4.47. The third-order valence-electron chi connectivity index (χ3n) is 2.94. The van der Waals surface area contributed by atoms with E-state index in [4.69, 9.17) is 5.11 Å². The Morgan fingerprint density at radius 1 is 1.09 bits per heavy atom. The van der Waals surface area contributed by atoms with Gasteiger partial charge in [0.15, 0.2) is 0 Å². The van der Waals surface area contributed by atoms with Crippen LogP contribution in [0.25, 0.3) is 0 Å². The third kappa shape index (κ3) is 3.45. The fraction of sp³-hybridized carbons (Fsp3) is 0.0667. The van der Waals surface area contributed by atoms with Crippen LogP contribution in [0.3, 0.4) is 0 Å². The van der Waals surface area contributed by atoms with Gasteiger partial charge in [0.2, 0.25) is 5.91 Å². The lowest BCUT2D eigenvalue weighted by Gasteiger charge is -2.09. The Kier molecular flexibility index (Phi) is 4.47. The zero-order valence-electron chi connectivity index (χ0n) is 11.4. The third-order valence-corrected chi connectivity index (χ3v) is 2.94. The summed E-state index contributed by atoms with van der Waals surface area (Å²) in [6.07, 6.45) is -0.00799. The highest BCUT2D eigenvalue weighted by Gasteiger charge is 2.23. The van der Waals surface area contributed by atoms with E-state index in [0.717, 1.165) is 11.6 Å². The number of anilines is 1. The number of carboxylic acids is 1. The first kappa shape index (κ1) is 15.2. The van der Waals surface area contributed by atoms with E-state index < -0.39 is 22.5 Å². The van der Waals surface area contributed by atoms with Gasteiger partial charge in [-0.1, -0.05) is 36.4 Å². The van der Waals surface area contributed by atoms with Gasteiger partial charge >= 0.3 is 5.97 Å². The highest BCUT2D eigenvalue weighted by molar-refractivity contribution is 6.03. The van der Waals surface area contributed by atoms with E-state index in [2.05, 4.69) is 5.32 Å². The lowest BCUT2D eigenvalue weighted by atomic mass is 10.1. The molecule has 0 spiro atoms. The summed E-state index contributed by atoms with van der Waals surface area (Å²) in [7, 11) is 0. The van der Waals surface area contributed by atoms with E-state index in [1.807, 2.05) is 0 Å². The number of carbonyl (C=O) groups is 2. The number of rotatable bonds is 5. The van der Waals surface area contributed by atoms with Crippen molar-refractivity contribution in [2.75, 3.05) is 5.32 Å². The molecule has 0 aliphatic carbocycles. The molecule has 0 saturated carbocycles. The van der Waals surface area contributed by atoms with Crippen LogP contribution in [-0.4, -0.2) is 21.9 Å². The summed E-state index contributed by atoms with van der Waals surface area (Å²) in [6, 6.07) is 12.4. The van der Waals surface area contributed by atoms with Gasteiger partial charge in [-0.25, -0.2) is 4.79 Å². The first-order valence-electron chi connectivity index (χ1n) is 6.33. The van der Waals surface area contributed by atoms with Crippen LogP contribution in [0.2, 0.25) is 0 Å². The molecule has 2 N–H and O–H groups in total. The molecule has 0 fully saturated rings. The molecule has 112 valence electrons. The Labute approximate surface area is 125 Å². The zero-order chi connectivity index (χ0) is 16.1. The normalized spacial score (nSPS) is 10.0. The predicted molar refractivity (Wildman–Crippen MR) is 78.8 cm³/mol. The number of amides is 1. The number of nitrogens with one attached hydrogen (secondary N) is 1. The van der Waals surface area contributed by atoms with Crippen LogP contribution in [0.4, 0.5) is 11.4 Å². The Bertz CT molecular complexity index is 696. The van der Waals surface area contributed by atoms with Gasteiger partial charge in [-0.3, -0.25) is 14.9 Å². The predicted octanol–water partition coefficient (Wildman–Crippen LogP) is 2.47. The van der Waals surface area contributed by atoms with E-state index in [1.165, 1.54) is 12.1 Å². The molecule has 0 saturated heterocycles. The van der Waals surface area contributed by atoms with Crippen LogP contribution in [0.1, 0.15) is 15.9 Å². The van der Waals surface area contributed by atoms with Crippen LogP contribution in [0.5, 0.6) is 0 Å². The molecule has 0 atom stereocenters. The average Bonchev–Trinajstić information content (AvgIpc) is 2.47. The number of benzene rings is 2. The molecule has 7 nitrogen and oxygen atoms in total. The number of carbonyl (C=O) groups excluding carboxylic acids is 1. The summed E-state index contributed by atoms with van der Waals surface area (Å²) in [5.74, 6) is -1.87. The molecule has 0 radical (unpaired) electrons. The SMILES string of the molecule is O=C(Cc1ccccc1)Nc1c(C(=O)O)cccc1[N+](=O)[O-]. The van der Waals surface area contributed by atoms with Crippen LogP contribution in [-0.2, 0) is 11.2 Å². The second kappa shape index (κ2) is 6.49. The average molecular weight is 300 g/mol. The lowest BCUT2D eigenvalue weighted by Crippen LogP contribution is -2.18. The van der Waals surface area contributed by atoms with Gasteiger partial charge in [-0.15, -0.1) is 0 Å². The number of aromatic carboxylic acids is 1. The van der Waals surface area contributed by atoms with Crippen LogP contribution >= 0.6 is 0 Å².